The first kappa shape index (κ1) is 14.3. The van der Waals surface area contributed by atoms with Crippen LogP contribution >= 0.6 is 0 Å². The van der Waals surface area contributed by atoms with Gasteiger partial charge >= 0.3 is 0 Å². The predicted octanol–water partition coefficient (Wildman–Crippen LogP) is 2.27. The minimum Gasteiger partial charge on any atom is -0.380 e. The smallest absolute Gasteiger partial charge is 0.0593 e. The molecule has 0 amide bonds. The number of nitrogens with one attached hydrogen (secondary N) is 1. The molecule has 2 rings (SSSR count). The highest BCUT2D eigenvalue weighted by Gasteiger charge is 2.24. The van der Waals surface area contributed by atoms with Gasteiger partial charge in [0.25, 0.3) is 0 Å². The van der Waals surface area contributed by atoms with Crippen LogP contribution in [0, 0.1) is 5.92 Å². The molecule has 0 spiro atoms. The summed E-state index contributed by atoms with van der Waals surface area (Å²) in [5, 5.41) is 3.57. The number of hydrogen-bond acceptors (Lipinski definition) is 3. The molecular weight excluding hydrogens is 224 g/mol. The van der Waals surface area contributed by atoms with Crippen LogP contribution in [0.4, 0.5) is 0 Å². The first-order chi connectivity index (χ1) is 8.79. The molecule has 0 heterocycles. The number of hydrogen-bond donors (Lipinski definition) is 1. The third-order valence-electron chi connectivity index (χ3n) is 4.45. The first-order valence-corrected chi connectivity index (χ1v) is 7.81. The molecule has 1 N–H and O–H groups in total. The lowest BCUT2D eigenvalue weighted by Crippen LogP contribution is -2.41. The van der Waals surface area contributed by atoms with Crippen molar-refractivity contribution in [3.63, 3.8) is 0 Å². The second-order valence-corrected chi connectivity index (χ2v) is 6.06. The van der Waals surface area contributed by atoms with E-state index in [1.807, 2.05) is 0 Å². The van der Waals surface area contributed by atoms with Crippen molar-refractivity contribution >= 4 is 0 Å². The van der Waals surface area contributed by atoms with Crippen molar-refractivity contribution in [1.29, 1.82) is 0 Å². The molecule has 3 nitrogen and oxygen atoms in total. The van der Waals surface area contributed by atoms with Crippen molar-refractivity contribution in [3.8, 4) is 0 Å². The minimum absolute atomic E-state index is 0.769. The molecule has 3 heteroatoms. The zero-order valence-electron chi connectivity index (χ0n) is 12.2. The van der Waals surface area contributed by atoms with Crippen LogP contribution in [0.15, 0.2) is 0 Å². The Balaban J connectivity index is 1.53. The largest absolute Gasteiger partial charge is 0.380 e. The summed E-state index contributed by atoms with van der Waals surface area (Å²) in [6.07, 6.45) is 8.15. The molecule has 0 unspecified atom stereocenters. The Labute approximate surface area is 112 Å². The summed E-state index contributed by atoms with van der Waals surface area (Å²) in [5.41, 5.74) is 0. The molecule has 106 valence electrons. The number of nitrogens with zero attached hydrogens (tertiary/aromatic N) is 1. The standard InChI is InChI=1S/C15H30N2O/c1-3-16-14-6-8-15(9-7-14)17(2)10-11-18-12-13-4-5-13/h13-16H,3-12H2,1-2H3. The second kappa shape index (κ2) is 7.46. The molecule has 18 heavy (non-hydrogen) atoms. The summed E-state index contributed by atoms with van der Waals surface area (Å²) < 4.78 is 5.72. The number of ether oxygens (including phenoxy) is 1. The lowest BCUT2D eigenvalue weighted by molar-refractivity contribution is 0.0814. The van der Waals surface area contributed by atoms with Crippen LogP contribution in [0.1, 0.15) is 45.4 Å². The van der Waals surface area contributed by atoms with E-state index in [1.165, 1.54) is 38.5 Å². The molecule has 0 atom stereocenters. The summed E-state index contributed by atoms with van der Waals surface area (Å²) in [7, 11) is 2.26. The summed E-state index contributed by atoms with van der Waals surface area (Å²) in [4.78, 5) is 2.51. The number of rotatable bonds is 8. The maximum atomic E-state index is 5.72. The Bertz CT molecular complexity index is 223. The van der Waals surface area contributed by atoms with Gasteiger partial charge in [0.2, 0.25) is 0 Å². The van der Waals surface area contributed by atoms with Gasteiger partial charge in [0, 0.05) is 25.2 Å². The average molecular weight is 254 g/mol. The highest BCUT2D eigenvalue weighted by atomic mass is 16.5. The molecule has 0 aliphatic heterocycles. The van der Waals surface area contributed by atoms with Crippen LogP contribution in [0.25, 0.3) is 0 Å². The molecule has 2 aliphatic carbocycles. The van der Waals surface area contributed by atoms with Crippen LogP contribution in [-0.2, 0) is 4.74 Å². The summed E-state index contributed by atoms with van der Waals surface area (Å²) in [6.45, 7) is 6.33. The molecule has 0 radical (unpaired) electrons. The fraction of sp³-hybridized carbons (Fsp3) is 1.00. The van der Waals surface area contributed by atoms with Crippen molar-refractivity contribution < 1.29 is 4.74 Å². The zero-order valence-corrected chi connectivity index (χ0v) is 12.2. The van der Waals surface area contributed by atoms with Gasteiger partial charge in [-0.25, -0.2) is 0 Å². The van der Waals surface area contributed by atoms with E-state index < -0.39 is 0 Å². The molecule has 0 saturated heterocycles. The van der Waals surface area contributed by atoms with E-state index in [9.17, 15) is 0 Å². The Morgan fingerprint density at radius 2 is 1.83 bits per heavy atom. The number of likely N-dealkylation sites (N-methyl/N-ethyl adjacent to an activating group) is 1. The van der Waals surface area contributed by atoms with Crippen LogP contribution in [0.3, 0.4) is 0 Å². The summed E-state index contributed by atoms with van der Waals surface area (Å²) >= 11 is 0. The molecule has 2 fully saturated rings. The average Bonchev–Trinajstić information content (AvgIpc) is 3.20. The van der Waals surface area contributed by atoms with Gasteiger partial charge in [-0.1, -0.05) is 6.92 Å². The van der Waals surface area contributed by atoms with Crippen LogP contribution in [0.5, 0.6) is 0 Å². The molecule has 2 saturated carbocycles. The van der Waals surface area contributed by atoms with Crippen molar-refractivity contribution in [2.45, 2.75) is 57.5 Å². The van der Waals surface area contributed by atoms with Gasteiger partial charge in [-0.05, 0) is 58.0 Å². The fourth-order valence-electron chi connectivity index (χ4n) is 2.94. The van der Waals surface area contributed by atoms with Gasteiger partial charge < -0.3 is 15.0 Å². The van der Waals surface area contributed by atoms with E-state index in [-0.39, 0.29) is 0 Å². The topological polar surface area (TPSA) is 24.5 Å². The summed E-state index contributed by atoms with van der Waals surface area (Å²) in [6, 6.07) is 1.55. The monoisotopic (exact) mass is 254 g/mol. The molecule has 0 aromatic carbocycles. The second-order valence-electron chi connectivity index (χ2n) is 6.06. The van der Waals surface area contributed by atoms with Crippen molar-refractivity contribution in [1.82, 2.24) is 10.2 Å². The normalized spacial score (nSPS) is 28.8. The molecular formula is C15H30N2O. The van der Waals surface area contributed by atoms with Crippen molar-refractivity contribution in [2.24, 2.45) is 5.92 Å². The Morgan fingerprint density at radius 3 is 2.44 bits per heavy atom. The van der Waals surface area contributed by atoms with Crippen LogP contribution in [-0.4, -0.2) is 50.3 Å². The van der Waals surface area contributed by atoms with Crippen molar-refractivity contribution in [3.05, 3.63) is 0 Å². The van der Waals surface area contributed by atoms with Crippen LogP contribution < -0.4 is 5.32 Å². The van der Waals surface area contributed by atoms with E-state index in [0.29, 0.717) is 0 Å². The SMILES string of the molecule is CCNC1CCC(N(C)CCOCC2CC2)CC1. The van der Waals surface area contributed by atoms with E-state index >= 15 is 0 Å². The third-order valence-corrected chi connectivity index (χ3v) is 4.45. The highest BCUT2D eigenvalue weighted by molar-refractivity contribution is 4.81. The molecule has 0 aromatic heterocycles. The Morgan fingerprint density at radius 1 is 1.11 bits per heavy atom. The Hall–Kier alpha value is -0.120. The predicted molar refractivity (Wildman–Crippen MR) is 75.9 cm³/mol. The van der Waals surface area contributed by atoms with Gasteiger partial charge in [-0.3, -0.25) is 0 Å². The first-order valence-electron chi connectivity index (χ1n) is 7.81. The highest BCUT2D eigenvalue weighted by Crippen LogP contribution is 2.28. The van der Waals surface area contributed by atoms with E-state index in [0.717, 1.165) is 44.3 Å². The van der Waals surface area contributed by atoms with Gasteiger partial charge in [0.1, 0.15) is 0 Å². The molecule has 0 bridgehead atoms. The third kappa shape index (κ3) is 4.87. The molecule has 0 aromatic rings. The maximum absolute atomic E-state index is 5.72. The fourth-order valence-corrected chi connectivity index (χ4v) is 2.94. The Kier molecular flexibility index (Phi) is 5.93. The van der Waals surface area contributed by atoms with Crippen LogP contribution in [0.2, 0.25) is 0 Å². The quantitative estimate of drug-likeness (QED) is 0.673. The van der Waals surface area contributed by atoms with Gasteiger partial charge in [0.15, 0.2) is 0 Å². The lowest BCUT2D eigenvalue weighted by Gasteiger charge is -2.34. The maximum Gasteiger partial charge on any atom is 0.0593 e. The minimum atomic E-state index is 0.769. The summed E-state index contributed by atoms with van der Waals surface area (Å²) in [5.74, 6) is 0.894. The van der Waals surface area contributed by atoms with E-state index in [1.54, 1.807) is 0 Å². The van der Waals surface area contributed by atoms with E-state index in [4.69, 9.17) is 4.74 Å². The van der Waals surface area contributed by atoms with Gasteiger partial charge in [0.05, 0.1) is 6.61 Å². The van der Waals surface area contributed by atoms with E-state index in [2.05, 4.69) is 24.2 Å². The van der Waals surface area contributed by atoms with Gasteiger partial charge in [-0.15, -0.1) is 0 Å². The molecule has 2 aliphatic rings. The lowest BCUT2D eigenvalue weighted by atomic mass is 9.90. The zero-order chi connectivity index (χ0) is 12.8. The van der Waals surface area contributed by atoms with Gasteiger partial charge in [-0.2, -0.15) is 0 Å². The van der Waals surface area contributed by atoms with Crippen molar-refractivity contribution in [2.75, 3.05) is 33.4 Å².